The smallest absolute Gasteiger partial charge is 0.133 e. The van der Waals surface area contributed by atoms with Crippen LogP contribution in [0.25, 0.3) is 5.69 Å². The number of hydrogen-bond donors (Lipinski definition) is 1. The fourth-order valence-corrected chi connectivity index (χ4v) is 2.09. The van der Waals surface area contributed by atoms with Crippen LogP contribution in [0.15, 0.2) is 28.9 Å². The van der Waals surface area contributed by atoms with Gasteiger partial charge in [-0.15, -0.1) is 5.10 Å². The van der Waals surface area contributed by atoms with Gasteiger partial charge in [0.25, 0.3) is 0 Å². The number of nitrogens with zero attached hydrogens (tertiary/aromatic N) is 3. The monoisotopic (exact) mass is 296 g/mol. The number of halogens is 1. The molecule has 6 heteroatoms. The van der Waals surface area contributed by atoms with Crippen molar-refractivity contribution in [3.63, 3.8) is 0 Å². The minimum atomic E-state index is 0.719. The predicted molar refractivity (Wildman–Crippen MR) is 68.4 cm³/mol. The highest BCUT2D eigenvalue weighted by Gasteiger charge is 2.07. The molecule has 0 bridgehead atoms. The third-order valence-electron chi connectivity index (χ3n) is 2.36. The van der Waals surface area contributed by atoms with Crippen LogP contribution in [0.4, 0.5) is 0 Å². The van der Waals surface area contributed by atoms with E-state index in [1.807, 2.05) is 25.2 Å². The zero-order valence-electron chi connectivity index (χ0n) is 9.64. The number of nitrogens with one attached hydrogen (secondary N) is 1. The molecule has 1 N–H and O–H groups in total. The molecule has 0 unspecified atom stereocenters. The number of rotatable bonds is 4. The summed E-state index contributed by atoms with van der Waals surface area (Å²) in [5.74, 6) is 0.795. The normalized spacial score (nSPS) is 10.5. The third-order valence-corrected chi connectivity index (χ3v) is 2.98. The number of benzene rings is 1. The second-order valence-electron chi connectivity index (χ2n) is 3.49. The van der Waals surface area contributed by atoms with Crippen molar-refractivity contribution in [2.45, 2.75) is 6.54 Å². The first-order valence-electron chi connectivity index (χ1n) is 5.14. The van der Waals surface area contributed by atoms with Crippen molar-refractivity contribution in [2.24, 2.45) is 0 Å². The summed E-state index contributed by atoms with van der Waals surface area (Å²) in [4.78, 5) is 0. The van der Waals surface area contributed by atoms with Crippen molar-refractivity contribution in [1.29, 1.82) is 0 Å². The fourth-order valence-electron chi connectivity index (χ4n) is 1.56. The van der Waals surface area contributed by atoms with Crippen molar-refractivity contribution in [3.8, 4) is 11.4 Å². The first-order chi connectivity index (χ1) is 8.26. The number of aromatic nitrogens is 3. The minimum absolute atomic E-state index is 0.719. The van der Waals surface area contributed by atoms with Crippen molar-refractivity contribution < 1.29 is 4.74 Å². The molecule has 1 heterocycles. The summed E-state index contributed by atoms with van der Waals surface area (Å²) in [6.07, 6.45) is 1.74. The van der Waals surface area contributed by atoms with Gasteiger partial charge in [0.1, 0.15) is 5.75 Å². The van der Waals surface area contributed by atoms with Crippen LogP contribution in [0.2, 0.25) is 0 Å². The average molecular weight is 297 g/mol. The lowest BCUT2D eigenvalue weighted by Crippen LogP contribution is -2.11. The van der Waals surface area contributed by atoms with E-state index >= 15 is 0 Å². The predicted octanol–water partition coefficient (Wildman–Crippen LogP) is 1.76. The molecule has 5 nitrogen and oxygen atoms in total. The number of methoxy groups -OCH3 is 1. The van der Waals surface area contributed by atoms with Gasteiger partial charge >= 0.3 is 0 Å². The van der Waals surface area contributed by atoms with E-state index in [2.05, 4.69) is 31.6 Å². The van der Waals surface area contributed by atoms with Crippen molar-refractivity contribution >= 4 is 15.9 Å². The fraction of sp³-hybridized carbons (Fsp3) is 0.273. The minimum Gasteiger partial charge on any atom is -0.496 e. The van der Waals surface area contributed by atoms with Gasteiger partial charge in [0.2, 0.25) is 0 Å². The molecule has 0 saturated carbocycles. The molecule has 0 spiro atoms. The molecule has 0 radical (unpaired) electrons. The van der Waals surface area contributed by atoms with Crippen LogP contribution in [-0.2, 0) is 6.54 Å². The molecule has 17 heavy (non-hydrogen) atoms. The second kappa shape index (κ2) is 5.29. The Kier molecular flexibility index (Phi) is 3.75. The van der Waals surface area contributed by atoms with Crippen molar-refractivity contribution in [2.75, 3.05) is 14.2 Å². The Labute approximate surface area is 108 Å². The number of hydrogen-bond acceptors (Lipinski definition) is 4. The molecule has 0 aliphatic rings. The van der Waals surface area contributed by atoms with Crippen LogP contribution < -0.4 is 10.1 Å². The first kappa shape index (κ1) is 12.1. The van der Waals surface area contributed by atoms with Gasteiger partial charge in [0.15, 0.2) is 0 Å². The van der Waals surface area contributed by atoms with Gasteiger partial charge in [-0.25, -0.2) is 4.68 Å². The van der Waals surface area contributed by atoms with E-state index in [4.69, 9.17) is 4.74 Å². The van der Waals surface area contributed by atoms with E-state index < -0.39 is 0 Å². The van der Waals surface area contributed by atoms with Gasteiger partial charge in [-0.1, -0.05) is 5.21 Å². The van der Waals surface area contributed by atoms with E-state index in [0.29, 0.717) is 0 Å². The van der Waals surface area contributed by atoms with Gasteiger partial charge in [0, 0.05) is 6.54 Å². The lowest BCUT2D eigenvalue weighted by molar-refractivity contribution is 0.412. The maximum absolute atomic E-state index is 5.19. The standard InChI is InChI=1S/C11H13BrN4O/c1-13-6-9-7-14-15-16(9)8-3-4-11(17-2)10(12)5-8/h3-5,7,13H,6H2,1-2H3. The molecule has 0 aliphatic heterocycles. The summed E-state index contributed by atoms with van der Waals surface area (Å²) in [5, 5.41) is 11.1. The van der Waals surface area contributed by atoms with Crippen LogP contribution in [0.5, 0.6) is 5.75 Å². The molecule has 0 fully saturated rings. The molecule has 0 amide bonds. The van der Waals surface area contributed by atoms with Gasteiger partial charge in [-0.05, 0) is 41.2 Å². The van der Waals surface area contributed by atoms with E-state index in [-0.39, 0.29) is 0 Å². The Bertz CT molecular complexity index is 512. The molecule has 1 aromatic heterocycles. The summed E-state index contributed by atoms with van der Waals surface area (Å²) in [6, 6.07) is 5.79. The number of ether oxygens (including phenoxy) is 1. The van der Waals surface area contributed by atoms with Gasteiger partial charge < -0.3 is 10.1 Å². The maximum atomic E-state index is 5.19. The summed E-state index contributed by atoms with van der Waals surface area (Å²) in [5.41, 5.74) is 1.95. The topological polar surface area (TPSA) is 52.0 Å². The average Bonchev–Trinajstić information content (AvgIpc) is 2.78. The zero-order valence-corrected chi connectivity index (χ0v) is 11.2. The molecule has 2 aromatic rings. The highest BCUT2D eigenvalue weighted by atomic mass is 79.9. The molecule has 0 atom stereocenters. The van der Waals surface area contributed by atoms with Crippen LogP contribution in [0, 0.1) is 0 Å². The summed E-state index contributed by atoms with van der Waals surface area (Å²) >= 11 is 3.45. The van der Waals surface area contributed by atoms with Crippen molar-refractivity contribution in [1.82, 2.24) is 20.3 Å². The molecular formula is C11H13BrN4O. The summed E-state index contributed by atoms with van der Waals surface area (Å²) in [7, 11) is 3.53. The molecule has 1 aromatic carbocycles. The zero-order chi connectivity index (χ0) is 12.3. The molecular weight excluding hydrogens is 284 g/mol. The molecule has 90 valence electrons. The Morgan fingerprint density at radius 3 is 2.94 bits per heavy atom. The molecule has 0 saturated heterocycles. The lowest BCUT2D eigenvalue weighted by atomic mass is 10.3. The first-order valence-corrected chi connectivity index (χ1v) is 5.93. The van der Waals surface area contributed by atoms with Crippen LogP contribution in [-0.4, -0.2) is 29.2 Å². The Balaban J connectivity index is 2.39. The Morgan fingerprint density at radius 2 is 2.29 bits per heavy atom. The SMILES string of the molecule is CNCc1cnnn1-c1ccc(OC)c(Br)c1. The van der Waals surface area contributed by atoms with E-state index in [1.54, 1.807) is 18.0 Å². The Hall–Kier alpha value is -1.40. The molecule has 0 aliphatic carbocycles. The quantitative estimate of drug-likeness (QED) is 0.934. The largest absolute Gasteiger partial charge is 0.496 e. The summed E-state index contributed by atoms with van der Waals surface area (Å²) < 4.78 is 7.87. The van der Waals surface area contributed by atoms with Crippen molar-refractivity contribution in [3.05, 3.63) is 34.6 Å². The Morgan fingerprint density at radius 1 is 1.47 bits per heavy atom. The van der Waals surface area contributed by atoms with Gasteiger partial charge in [-0.3, -0.25) is 0 Å². The van der Waals surface area contributed by atoms with E-state index in [9.17, 15) is 0 Å². The third kappa shape index (κ3) is 2.48. The van der Waals surface area contributed by atoms with Crippen LogP contribution in [0.1, 0.15) is 5.69 Å². The summed E-state index contributed by atoms with van der Waals surface area (Å²) in [6.45, 7) is 0.719. The maximum Gasteiger partial charge on any atom is 0.133 e. The lowest BCUT2D eigenvalue weighted by Gasteiger charge is -2.08. The van der Waals surface area contributed by atoms with Gasteiger partial charge in [0.05, 0.1) is 29.2 Å². The molecule has 2 rings (SSSR count). The highest BCUT2D eigenvalue weighted by Crippen LogP contribution is 2.27. The van der Waals surface area contributed by atoms with E-state index in [0.717, 1.165) is 28.1 Å². The van der Waals surface area contributed by atoms with Gasteiger partial charge in [-0.2, -0.15) is 0 Å². The highest BCUT2D eigenvalue weighted by molar-refractivity contribution is 9.10. The van der Waals surface area contributed by atoms with Crippen LogP contribution >= 0.6 is 15.9 Å². The van der Waals surface area contributed by atoms with Crippen LogP contribution in [0.3, 0.4) is 0 Å². The van der Waals surface area contributed by atoms with E-state index in [1.165, 1.54) is 0 Å². The second-order valence-corrected chi connectivity index (χ2v) is 4.34.